The molecule has 0 aliphatic carbocycles. The summed E-state index contributed by atoms with van der Waals surface area (Å²) in [6.07, 6.45) is 5.98. The molecule has 27 heavy (non-hydrogen) atoms. The van der Waals surface area contributed by atoms with Gasteiger partial charge >= 0.3 is 0 Å². The molecular formula is C20H34N2O2S2Si. The van der Waals surface area contributed by atoms with Gasteiger partial charge in [-0.1, -0.05) is 39.0 Å². The van der Waals surface area contributed by atoms with Crippen LogP contribution in [0, 0.1) is 0 Å². The Hall–Kier alpha value is -0.473. The van der Waals surface area contributed by atoms with E-state index >= 15 is 0 Å². The van der Waals surface area contributed by atoms with E-state index in [9.17, 15) is 4.79 Å². The highest BCUT2D eigenvalue weighted by atomic mass is 32.2. The summed E-state index contributed by atoms with van der Waals surface area (Å²) < 4.78 is 6.07. The van der Waals surface area contributed by atoms with Crippen molar-refractivity contribution in [3.05, 3.63) is 35.9 Å². The summed E-state index contributed by atoms with van der Waals surface area (Å²) in [7, 11) is -1.74. The molecule has 1 saturated heterocycles. The van der Waals surface area contributed by atoms with Gasteiger partial charge in [0.25, 0.3) is 5.91 Å². The lowest BCUT2D eigenvalue weighted by Crippen LogP contribution is -2.48. The molecular weight excluding hydrogens is 392 g/mol. The average Bonchev–Trinajstić information content (AvgIpc) is 3.00. The van der Waals surface area contributed by atoms with E-state index in [1.807, 2.05) is 35.3 Å². The van der Waals surface area contributed by atoms with Crippen LogP contribution in [-0.2, 0) is 4.43 Å². The Labute approximate surface area is 174 Å². The third-order valence-electron chi connectivity index (χ3n) is 5.75. The molecule has 0 spiro atoms. The molecule has 1 aliphatic heterocycles. The Bertz CT molecular complexity index is 631. The predicted molar refractivity (Wildman–Crippen MR) is 122 cm³/mol. The van der Waals surface area contributed by atoms with Crippen LogP contribution in [-0.4, -0.2) is 48.6 Å². The molecule has 1 aromatic carbocycles. The Kier molecular flexibility index (Phi) is 7.52. The van der Waals surface area contributed by atoms with Crippen molar-refractivity contribution in [3.8, 4) is 0 Å². The number of nitrogens with one attached hydrogen (secondary N) is 1. The van der Waals surface area contributed by atoms with Crippen molar-refractivity contribution in [1.29, 1.82) is 0 Å². The predicted octanol–water partition coefficient (Wildman–Crippen LogP) is 5.20. The molecule has 4 nitrogen and oxygen atoms in total. The van der Waals surface area contributed by atoms with Crippen LogP contribution < -0.4 is 5.43 Å². The van der Waals surface area contributed by atoms with Crippen molar-refractivity contribution in [2.24, 2.45) is 0 Å². The minimum Gasteiger partial charge on any atom is -0.417 e. The molecule has 1 N–H and O–H groups in total. The molecule has 1 amide bonds. The smallest absolute Gasteiger partial charge is 0.270 e. The summed E-state index contributed by atoms with van der Waals surface area (Å²) in [4.78, 5) is 13.1. The molecule has 0 unspecified atom stereocenters. The zero-order valence-electron chi connectivity index (χ0n) is 17.7. The van der Waals surface area contributed by atoms with Crippen molar-refractivity contribution < 1.29 is 9.22 Å². The van der Waals surface area contributed by atoms with Crippen LogP contribution in [0.2, 0.25) is 18.1 Å². The van der Waals surface area contributed by atoms with Gasteiger partial charge in [-0.05, 0) is 49.2 Å². The van der Waals surface area contributed by atoms with Crippen molar-refractivity contribution in [1.82, 2.24) is 10.4 Å². The van der Waals surface area contributed by atoms with Crippen molar-refractivity contribution in [2.75, 3.05) is 19.1 Å². The van der Waals surface area contributed by atoms with E-state index in [-0.39, 0.29) is 21.2 Å². The first kappa shape index (κ1) is 22.8. The third-order valence-corrected chi connectivity index (χ3v) is 13.3. The number of benzene rings is 1. The second kappa shape index (κ2) is 8.90. The van der Waals surface area contributed by atoms with Gasteiger partial charge in [0, 0.05) is 24.6 Å². The summed E-state index contributed by atoms with van der Waals surface area (Å²) in [5, 5.41) is 2.06. The highest BCUT2D eigenvalue weighted by Crippen LogP contribution is 2.45. The van der Waals surface area contributed by atoms with E-state index in [2.05, 4.69) is 51.8 Å². The molecule has 152 valence electrons. The maximum absolute atomic E-state index is 13.1. The highest BCUT2D eigenvalue weighted by molar-refractivity contribution is 8.17. The van der Waals surface area contributed by atoms with Gasteiger partial charge in [0.05, 0.1) is 0 Å². The van der Waals surface area contributed by atoms with Crippen LogP contribution in [0.15, 0.2) is 30.3 Å². The molecule has 7 heteroatoms. The Morgan fingerprint density at radius 2 is 1.85 bits per heavy atom. The van der Waals surface area contributed by atoms with Crippen molar-refractivity contribution >= 4 is 37.7 Å². The van der Waals surface area contributed by atoms with E-state index in [1.54, 1.807) is 23.5 Å². The van der Waals surface area contributed by atoms with Gasteiger partial charge in [-0.2, -0.15) is 0 Å². The molecule has 0 radical (unpaired) electrons. The fourth-order valence-electron chi connectivity index (χ4n) is 2.92. The zero-order valence-corrected chi connectivity index (χ0v) is 20.3. The number of hydrogen-bond donors (Lipinski definition) is 1. The fourth-order valence-corrected chi connectivity index (χ4v) is 6.02. The summed E-state index contributed by atoms with van der Waals surface area (Å²) in [5.41, 5.74) is 4.20. The van der Waals surface area contributed by atoms with E-state index in [1.165, 1.54) is 0 Å². The first-order chi connectivity index (χ1) is 12.6. The lowest BCUT2D eigenvalue weighted by molar-refractivity contribution is 0.0671. The normalized spacial score (nSPS) is 20.1. The minimum atomic E-state index is -1.74. The van der Waals surface area contributed by atoms with Crippen LogP contribution in [0.1, 0.15) is 44.0 Å². The van der Waals surface area contributed by atoms with Crippen LogP contribution in [0.4, 0.5) is 0 Å². The van der Waals surface area contributed by atoms with Gasteiger partial charge in [0.15, 0.2) is 12.5 Å². The largest absolute Gasteiger partial charge is 0.417 e. The second-order valence-electron chi connectivity index (χ2n) is 8.56. The number of nitrogens with zero attached hydrogens (tertiary/aromatic N) is 1. The molecule has 1 heterocycles. The Balaban J connectivity index is 2.06. The minimum absolute atomic E-state index is 0.0344. The van der Waals surface area contributed by atoms with Gasteiger partial charge in [-0.15, -0.1) is 23.5 Å². The lowest BCUT2D eigenvalue weighted by atomic mass is 10.2. The van der Waals surface area contributed by atoms with Crippen LogP contribution >= 0.6 is 23.5 Å². The molecule has 1 aliphatic rings. The number of carbonyl (C=O) groups excluding carboxylic acids is 1. The molecule has 1 fully saturated rings. The zero-order chi connectivity index (χ0) is 20.3. The Morgan fingerprint density at radius 3 is 2.37 bits per heavy atom. The van der Waals surface area contributed by atoms with Crippen LogP contribution in [0.5, 0.6) is 0 Å². The van der Waals surface area contributed by atoms with Crippen molar-refractivity contribution in [2.45, 2.75) is 62.0 Å². The highest BCUT2D eigenvalue weighted by Gasteiger charge is 2.47. The maximum atomic E-state index is 13.1. The average molecular weight is 427 g/mol. The number of amides is 1. The monoisotopic (exact) mass is 426 g/mol. The summed E-state index contributed by atoms with van der Waals surface area (Å²) in [6, 6.07) is 9.75. The first-order valence-corrected chi connectivity index (χ1v) is 14.8. The standard InChI is InChI=1S/C20H34N2O2S2Si/c1-19(2,3)27(6,7)24-14-13-17-15-20(25-4,26-5)22(21-17)18(23)16-11-9-8-10-12-16/h8-12,17,21H,13-15H2,1-7H3/t17-/m0/s1. The van der Waals surface area contributed by atoms with Gasteiger partial charge in [0.2, 0.25) is 0 Å². The summed E-state index contributed by atoms with van der Waals surface area (Å²) in [5.74, 6) is 0.0344. The number of hydrazine groups is 1. The molecule has 1 aromatic rings. The summed E-state index contributed by atoms with van der Waals surface area (Å²) in [6.45, 7) is 12.1. The van der Waals surface area contributed by atoms with E-state index in [0.29, 0.717) is 0 Å². The second-order valence-corrected chi connectivity index (χ2v) is 15.8. The SMILES string of the molecule is CSC1(SC)C[C@H](CCO[Si](C)(C)C(C)(C)C)NN1C(=O)c1ccccc1. The van der Waals surface area contributed by atoms with Crippen LogP contribution in [0.3, 0.4) is 0 Å². The Morgan fingerprint density at radius 1 is 1.26 bits per heavy atom. The lowest BCUT2D eigenvalue weighted by Gasteiger charge is -2.36. The number of thioether (sulfide) groups is 2. The molecule has 0 bridgehead atoms. The third kappa shape index (κ3) is 5.12. The molecule has 0 aromatic heterocycles. The quantitative estimate of drug-likeness (QED) is 0.479. The number of rotatable bonds is 7. The van der Waals surface area contributed by atoms with E-state index in [0.717, 1.165) is 25.0 Å². The molecule has 1 atom stereocenters. The van der Waals surface area contributed by atoms with Crippen LogP contribution in [0.25, 0.3) is 0 Å². The van der Waals surface area contributed by atoms with Gasteiger partial charge < -0.3 is 4.43 Å². The summed E-state index contributed by atoms with van der Waals surface area (Å²) >= 11 is 3.46. The topological polar surface area (TPSA) is 41.6 Å². The number of hydrogen-bond acceptors (Lipinski definition) is 5. The van der Waals surface area contributed by atoms with Gasteiger partial charge in [0.1, 0.15) is 0 Å². The first-order valence-electron chi connectivity index (χ1n) is 9.46. The van der Waals surface area contributed by atoms with E-state index < -0.39 is 8.32 Å². The van der Waals surface area contributed by atoms with Gasteiger partial charge in [-0.25, -0.2) is 10.4 Å². The fraction of sp³-hybridized carbons (Fsp3) is 0.650. The maximum Gasteiger partial charge on any atom is 0.270 e. The number of carbonyl (C=O) groups is 1. The molecule has 0 saturated carbocycles. The van der Waals surface area contributed by atoms with Crippen molar-refractivity contribution in [3.63, 3.8) is 0 Å². The molecule has 2 rings (SSSR count). The van der Waals surface area contributed by atoms with Gasteiger partial charge in [-0.3, -0.25) is 4.79 Å². The van der Waals surface area contributed by atoms with E-state index in [4.69, 9.17) is 4.43 Å².